The quantitative estimate of drug-likeness (QED) is 0.874. The van der Waals surface area contributed by atoms with Crippen molar-refractivity contribution >= 4 is 0 Å². The number of hydrogen-bond acceptors (Lipinski definition) is 4. The lowest BCUT2D eigenvalue weighted by Gasteiger charge is -2.39. The Morgan fingerprint density at radius 2 is 2.11 bits per heavy atom. The molecule has 5 heteroatoms. The van der Waals surface area contributed by atoms with Crippen molar-refractivity contribution in [3.8, 4) is 0 Å². The third-order valence-corrected chi connectivity index (χ3v) is 4.52. The molecule has 0 amide bonds. The molecule has 1 aliphatic heterocycles. The molecular formula is C14H25N5. The Morgan fingerprint density at radius 3 is 2.84 bits per heavy atom. The Hall–Kier alpha value is -0.940. The highest BCUT2D eigenvalue weighted by Gasteiger charge is 2.34. The highest BCUT2D eigenvalue weighted by Crippen LogP contribution is 2.30. The second-order valence-corrected chi connectivity index (χ2v) is 6.22. The number of aryl methyl sites for hydroxylation is 1. The smallest absolute Gasteiger partial charge is 0.0967 e. The van der Waals surface area contributed by atoms with Gasteiger partial charge in [-0.1, -0.05) is 24.5 Å². The first-order chi connectivity index (χ1) is 9.26. The van der Waals surface area contributed by atoms with Crippen LogP contribution >= 0.6 is 0 Å². The summed E-state index contributed by atoms with van der Waals surface area (Å²) in [6.07, 6.45) is 10.1. The minimum Gasteiger partial charge on any atom is -0.310 e. The van der Waals surface area contributed by atoms with Gasteiger partial charge < -0.3 is 5.32 Å². The van der Waals surface area contributed by atoms with Crippen molar-refractivity contribution < 1.29 is 0 Å². The number of rotatable bonds is 2. The van der Waals surface area contributed by atoms with Crippen molar-refractivity contribution in [1.82, 2.24) is 25.2 Å². The summed E-state index contributed by atoms with van der Waals surface area (Å²) >= 11 is 0. The van der Waals surface area contributed by atoms with E-state index in [0.29, 0.717) is 5.54 Å². The van der Waals surface area contributed by atoms with Crippen LogP contribution in [0.5, 0.6) is 0 Å². The molecule has 1 aliphatic carbocycles. The van der Waals surface area contributed by atoms with Crippen LogP contribution in [-0.4, -0.2) is 45.1 Å². The van der Waals surface area contributed by atoms with Crippen LogP contribution in [0, 0.1) is 0 Å². The summed E-state index contributed by atoms with van der Waals surface area (Å²) in [6.45, 7) is 4.45. The zero-order chi connectivity index (χ0) is 13.1. The Bertz CT molecular complexity index is 408. The van der Waals surface area contributed by atoms with Gasteiger partial charge in [0, 0.05) is 31.9 Å². The van der Waals surface area contributed by atoms with E-state index in [-0.39, 0.29) is 0 Å². The number of nitrogens with one attached hydrogen (secondary N) is 1. The zero-order valence-electron chi connectivity index (χ0n) is 11.9. The van der Waals surface area contributed by atoms with Gasteiger partial charge in [0.1, 0.15) is 0 Å². The van der Waals surface area contributed by atoms with Crippen LogP contribution in [0.2, 0.25) is 0 Å². The molecule has 1 saturated carbocycles. The van der Waals surface area contributed by atoms with Gasteiger partial charge in [0.15, 0.2) is 0 Å². The molecule has 2 fully saturated rings. The zero-order valence-corrected chi connectivity index (χ0v) is 11.9. The maximum absolute atomic E-state index is 4.22. The lowest BCUT2D eigenvalue weighted by molar-refractivity contribution is 0.158. The summed E-state index contributed by atoms with van der Waals surface area (Å²) in [6, 6.07) is 0. The first-order valence-electron chi connectivity index (χ1n) is 7.58. The first-order valence-corrected chi connectivity index (χ1v) is 7.58. The molecule has 5 nitrogen and oxygen atoms in total. The van der Waals surface area contributed by atoms with Crippen LogP contribution in [0.15, 0.2) is 6.20 Å². The van der Waals surface area contributed by atoms with Crippen molar-refractivity contribution in [3.63, 3.8) is 0 Å². The molecule has 1 spiro atoms. The monoisotopic (exact) mass is 263 g/mol. The average Bonchev–Trinajstić information content (AvgIpc) is 2.71. The Kier molecular flexibility index (Phi) is 3.84. The molecule has 3 rings (SSSR count). The predicted molar refractivity (Wildman–Crippen MR) is 74.7 cm³/mol. The van der Waals surface area contributed by atoms with Gasteiger partial charge in [-0.3, -0.25) is 9.58 Å². The molecule has 0 atom stereocenters. The van der Waals surface area contributed by atoms with Gasteiger partial charge in [-0.05, 0) is 32.4 Å². The normalized spacial score (nSPS) is 24.5. The fourth-order valence-electron chi connectivity index (χ4n) is 3.61. The molecule has 1 N–H and O–H groups in total. The second-order valence-electron chi connectivity index (χ2n) is 6.22. The third-order valence-electron chi connectivity index (χ3n) is 4.52. The van der Waals surface area contributed by atoms with E-state index in [0.717, 1.165) is 18.8 Å². The van der Waals surface area contributed by atoms with Gasteiger partial charge >= 0.3 is 0 Å². The van der Waals surface area contributed by atoms with Crippen molar-refractivity contribution in [3.05, 3.63) is 11.9 Å². The maximum Gasteiger partial charge on any atom is 0.0967 e. The molecular weight excluding hydrogens is 238 g/mol. The van der Waals surface area contributed by atoms with Crippen LogP contribution in [0.3, 0.4) is 0 Å². The summed E-state index contributed by atoms with van der Waals surface area (Å²) in [5.74, 6) is 0. The molecule has 2 aliphatic rings. The van der Waals surface area contributed by atoms with Crippen molar-refractivity contribution in [1.29, 1.82) is 0 Å². The fourth-order valence-corrected chi connectivity index (χ4v) is 3.61. The molecule has 1 saturated heterocycles. The van der Waals surface area contributed by atoms with E-state index in [1.807, 2.05) is 13.2 Å². The van der Waals surface area contributed by atoms with Gasteiger partial charge in [-0.15, -0.1) is 5.10 Å². The van der Waals surface area contributed by atoms with Crippen molar-refractivity contribution in [2.75, 3.05) is 19.6 Å². The largest absolute Gasteiger partial charge is 0.310 e. The molecule has 1 aromatic rings. The standard InChI is InChI=1S/C14H25N5/c1-18-10-13(16-17-18)11-19-9-5-8-15-14(12-19)6-3-2-4-7-14/h10,15H,2-9,11-12H2,1H3. The molecule has 2 heterocycles. The summed E-state index contributed by atoms with van der Waals surface area (Å²) in [5.41, 5.74) is 1.46. The van der Waals surface area contributed by atoms with Gasteiger partial charge in [0.2, 0.25) is 0 Å². The minimum absolute atomic E-state index is 0.372. The van der Waals surface area contributed by atoms with E-state index in [1.165, 1.54) is 51.6 Å². The van der Waals surface area contributed by atoms with E-state index in [9.17, 15) is 0 Å². The van der Waals surface area contributed by atoms with E-state index < -0.39 is 0 Å². The number of aromatic nitrogens is 3. The van der Waals surface area contributed by atoms with Crippen LogP contribution in [0.25, 0.3) is 0 Å². The average molecular weight is 263 g/mol. The molecule has 0 aromatic carbocycles. The lowest BCUT2D eigenvalue weighted by Crippen LogP contribution is -2.52. The molecule has 0 radical (unpaired) electrons. The SMILES string of the molecule is Cn1cc(CN2CCCNC3(CCCCC3)C2)nn1. The van der Waals surface area contributed by atoms with Crippen LogP contribution < -0.4 is 5.32 Å². The van der Waals surface area contributed by atoms with E-state index in [1.54, 1.807) is 4.68 Å². The second kappa shape index (κ2) is 5.59. The molecule has 0 unspecified atom stereocenters. The predicted octanol–water partition coefficient (Wildman–Crippen LogP) is 1.31. The Labute approximate surface area is 115 Å². The third kappa shape index (κ3) is 3.15. The summed E-state index contributed by atoms with van der Waals surface area (Å²) in [7, 11) is 1.93. The van der Waals surface area contributed by atoms with E-state index in [4.69, 9.17) is 0 Å². The first kappa shape index (κ1) is 13.1. The van der Waals surface area contributed by atoms with Crippen LogP contribution in [-0.2, 0) is 13.6 Å². The molecule has 106 valence electrons. The molecule has 0 bridgehead atoms. The summed E-state index contributed by atoms with van der Waals surface area (Å²) < 4.78 is 1.79. The van der Waals surface area contributed by atoms with E-state index >= 15 is 0 Å². The fraction of sp³-hybridized carbons (Fsp3) is 0.857. The van der Waals surface area contributed by atoms with Crippen molar-refractivity contribution in [2.24, 2.45) is 7.05 Å². The summed E-state index contributed by atoms with van der Waals surface area (Å²) in [4.78, 5) is 2.56. The van der Waals surface area contributed by atoms with Gasteiger partial charge in [0.05, 0.1) is 5.69 Å². The lowest BCUT2D eigenvalue weighted by atomic mass is 9.81. The number of nitrogens with zero attached hydrogens (tertiary/aromatic N) is 4. The summed E-state index contributed by atoms with van der Waals surface area (Å²) in [5, 5.41) is 12.1. The number of hydrogen-bond donors (Lipinski definition) is 1. The topological polar surface area (TPSA) is 46.0 Å². The Morgan fingerprint density at radius 1 is 1.26 bits per heavy atom. The van der Waals surface area contributed by atoms with Gasteiger partial charge in [-0.25, -0.2) is 0 Å². The van der Waals surface area contributed by atoms with Crippen molar-refractivity contribution in [2.45, 2.75) is 50.6 Å². The maximum atomic E-state index is 4.22. The molecule has 19 heavy (non-hydrogen) atoms. The highest BCUT2D eigenvalue weighted by molar-refractivity contribution is 4.98. The Balaban J connectivity index is 1.67. The van der Waals surface area contributed by atoms with Gasteiger partial charge in [-0.2, -0.15) is 0 Å². The highest BCUT2D eigenvalue weighted by atomic mass is 15.4. The van der Waals surface area contributed by atoms with E-state index in [2.05, 4.69) is 20.5 Å². The molecule has 1 aromatic heterocycles. The van der Waals surface area contributed by atoms with Crippen LogP contribution in [0.4, 0.5) is 0 Å². The van der Waals surface area contributed by atoms with Gasteiger partial charge in [0.25, 0.3) is 0 Å². The van der Waals surface area contributed by atoms with Crippen LogP contribution in [0.1, 0.15) is 44.2 Å². The minimum atomic E-state index is 0.372.